The van der Waals surface area contributed by atoms with Gasteiger partial charge in [-0.2, -0.15) is 0 Å². The van der Waals surface area contributed by atoms with Gasteiger partial charge in [0.1, 0.15) is 29.5 Å². The predicted molar refractivity (Wildman–Crippen MR) is 135 cm³/mol. The van der Waals surface area contributed by atoms with Crippen LogP contribution in [-0.2, 0) is 28.6 Å². The number of carbonyl (C=O) groups excluding carboxylic acids is 3. The maximum atomic E-state index is 13.4. The molecule has 0 radical (unpaired) electrons. The van der Waals surface area contributed by atoms with E-state index in [1.807, 2.05) is 20.8 Å². The molecule has 2 heterocycles. The lowest BCUT2D eigenvalue weighted by atomic mass is 9.44. The van der Waals surface area contributed by atoms with Gasteiger partial charge in [0.25, 0.3) is 0 Å². The zero-order valence-electron chi connectivity index (χ0n) is 23.2. The summed E-state index contributed by atoms with van der Waals surface area (Å²) in [7, 11) is 0. The monoisotopic (exact) mass is 528 g/mol. The second-order valence-electron chi connectivity index (χ2n) is 13.3. The third-order valence-electron chi connectivity index (χ3n) is 12.2. The number of hydrogen-bond acceptors (Lipinski definition) is 8. The molecule has 12 atom stereocenters. The van der Waals surface area contributed by atoms with Crippen molar-refractivity contribution in [3.8, 4) is 0 Å². The van der Waals surface area contributed by atoms with Gasteiger partial charge >= 0.3 is 11.9 Å². The molecule has 2 aliphatic heterocycles. The van der Waals surface area contributed by atoms with Crippen LogP contribution in [0.2, 0.25) is 0 Å². The number of allylic oxidation sites excluding steroid dienone is 1. The van der Waals surface area contributed by atoms with Crippen LogP contribution in [0.4, 0.5) is 0 Å². The van der Waals surface area contributed by atoms with Crippen molar-refractivity contribution in [1.82, 2.24) is 0 Å². The van der Waals surface area contributed by atoms with Gasteiger partial charge in [-0.15, -0.1) is 0 Å². The Kier molecular flexibility index (Phi) is 5.53. The molecule has 6 aliphatic rings. The maximum absolute atomic E-state index is 13.4. The molecule has 0 aromatic carbocycles. The topological polar surface area (TPSA) is 123 Å². The number of epoxide rings is 1. The Morgan fingerprint density at radius 1 is 1.18 bits per heavy atom. The molecule has 8 nitrogen and oxygen atoms in total. The lowest BCUT2D eigenvalue weighted by Crippen LogP contribution is -2.66. The van der Waals surface area contributed by atoms with Gasteiger partial charge in [0.05, 0.1) is 11.5 Å². The number of ether oxygens (including phenoxy) is 3. The average molecular weight is 529 g/mol. The highest BCUT2D eigenvalue weighted by Gasteiger charge is 2.81. The average Bonchev–Trinajstić information content (AvgIpc) is 3.55. The standard InChI is InChI=1S/C30H40O8/c1-14-11-21(37-26(34)15(14)2)16(3)29(35)24(36-17(4)31)13-20-18-12-25-30(38-25)23(33)8-7-22(32)28(30,6)19(18)9-10-27(20,29)5/h7-8,16,18-21,23-25,33,35H,9-13H2,1-6H3. The van der Waals surface area contributed by atoms with Crippen molar-refractivity contribution in [2.75, 3.05) is 0 Å². The number of aliphatic hydroxyl groups is 2. The summed E-state index contributed by atoms with van der Waals surface area (Å²) < 4.78 is 17.9. The minimum atomic E-state index is -1.43. The highest BCUT2D eigenvalue weighted by atomic mass is 16.6. The second-order valence-corrected chi connectivity index (χ2v) is 13.3. The number of cyclic esters (lactones) is 1. The van der Waals surface area contributed by atoms with Crippen LogP contribution in [0.15, 0.2) is 23.3 Å². The van der Waals surface area contributed by atoms with E-state index in [1.54, 1.807) is 13.0 Å². The van der Waals surface area contributed by atoms with E-state index in [0.717, 1.165) is 5.57 Å². The second kappa shape index (κ2) is 8.01. The zero-order chi connectivity index (χ0) is 27.6. The first-order valence-corrected chi connectivity index (χ1v) is 14.1. The van der Waals surface area contributed by atoms with Gasteiger partial charge in [0.2, 0.25) is 0 Å². The third-order valence-corrected chi connectivity index (χ3v) is 12.2. The third kappa shape index (κ3) is 2.95. The summed E-state index contributed by atoms with van der Waals surface area (Å²) in [5.74, 6) is -1.32. The molecule has 0 amide bonds. The van der Waals surface area contributed by atoms with Crippen molar-refractivity contribution in [1.29, 1.82) is 0 Å². The Bertz CT molecular complexity index is 1170. The van der Waals surface area contributed by atoms with Crippen LogP contribution in [0, 0.1) is 34.5 Å². The van der Waals surface area contributed by atoms with E-state index in [9.17, 15) is 24.6 Å². The SMILES string of the molecule is CC(=O)OC1CC2C3CC4OC45C(O)C=CC(=O)C5(C)C3CCC2(C)C1(O)C(C)C1CC(C)=C(C)C(=O)O1. The number of esters is 2. The fourth-order valence-electron chi connectivity index (χ4n) is 9.83. The quantitative estimate of drug-likeness (QED) is 0.423. The molecule has 4 aliphatic carbocycles. The molecule has 6 rings (SSSR count). The molecule has 38 heavy (non-hydrogen) atoms. The van der Waals surface area contributed by atoms with E-state index in [1.165, 1.54) is 13.0 Å². The summed E-state index contributed by atoms with van der Waals surface area (Å²) in [4.78, 5) is 38.3. The molecule has 8 heteroatoms. The summed E-state index contributed by atoms with van der Waals surface area (Å²) in [6.45, 7) is 11.0. The lowest BCUT2D eigenvalue weighted by molar-refractivity contribution is -0.216. The van der Waals surface area contributed by atoms with Crippen molar-refractivity contribution < 1.29 is 38.8 Å². The van der Waals surface area contributed by atoms with Gasteiger partial charge < -0.3 is 24.4 Å². The molecule has 0 bridgehead atoms. The molecule has 2 N–H and O–H groups in total. The molecule has 1 saturated heterocycles. The zero-order valence-corrected chi connectivity index (χ0v) is 23.2. The first kappa shape index (κ1) is 26.2. The largest absolute Gasteiger partial charge is 0.459 e. The molecular formula is C30H40O8. The molecule has 0 aromatic heterocycles. The first-order chi connectivity index (χ1) is 17.7. The number of rotatable bonds is 3. The smallest absolute Gasteiger partial charge is 0.333 e. The highest BCUT2D eigenvalue weighted by molar-refractivity contribution is 5.98. The van der Waals surface area contributed by atoms with E-state index >= 15 is 0 Å². The molecule has 208 valence electrons. The van der Waals surface area contributed by atoms with Gasteiger partial charge in [0.15, 0.2) is 5.78 Å². The van der Waals surface area contributed by atoms with Crippen molar-refractivity contribution >= 4 is 17.7 Å². The molecule has 1 spiro atoms. The van der Waals surface area contributed by atoms with Gasteiger partial charge in [-0.3, -0.25) is 9.59 Å². The maximum Gasteiger partial charge on any atom is 0.333 e. The fraction of sp³-hybridized carbons (Fsp3) is 0.767. The molecule has 0 aromatic rings. The number of ketones is 1. The van der Waals surface area contributed by atoms with Crippen LogP contribution >= 0.6 is 0 Å². The summed E-state index contributed by atoms with van der Waals surface area (Å²) in [6, 6.07) is 0. The van der Waals surface area contributed by atoms with Crippen LogP contribution in [0.1, 0.15) is 73.6 Å². The predicted octanol–water partition coefficient (Wildman–Crippen LogP) is 3.04. The van der Waals surface area contributed by atoms with Gasteiger partial charge in [0, 0.05) is 30.3 Å². The number of aliphatic hydroxyl groups excluding tert-OH is 1. The van der Waals surface area contributed by atoms with Crippen LogP contribution < -0.4 is 0 Å². The first-order valence-electron chi connectivity index (χ1n) is 14.1. The molecule has 4 fully saturated rings. The summed E-state index contributed by atoms with van der Waals surface area (Å²) in [6.07, 6.45) is 3.71. The Labute approximate surface area is 223 Å². The van der Waals surface area contributed by atoms with E-state index in [0.29, 0.717) is 37.7 Å². The van der Waals surface area contributed by atoms with Crippen LogP contribution in [0.3, 0.4) is 0 Å². The summed E-state index contributed by atoms with van der Waals surface area (Å²) >= 11 is 0. The lowest BCUT2D eigenvalue weighted by Gasteiger charge is -2.59. The number of hydrogen-bond donors (Lipinski definition) is 2. The fourth-order valence-corrected chi connectivity index (χ4v) is 9.83. The van der Waals surface area contributed by atoms with Crippen molar-refractivity contribution in [3.63, 3.8) is 0 Å². The Hall–Kier alpha value is -2.03. The van der Waals surface area contributed by atoms with Gasteiger partial charge in [-0.1, -0.05) is 19.4 Å². The Balaban J connectivity index is 1.39. The van der Waals surface area contributed by atoms with Crippen molar-refractivity contribution in [2.45, 2.75) is 109 Å². The molecular weight excluding hydrogens is 488 g/mol. The van der Waals surface area contributed by atoms with E-state index in [2.05, 4.69) is 6.92 Å². The van der Waals surface area contributed by atoms with Crippen LogP contribution in [0.25, 0.3) is 0 Å². The van der Waals surface area contributed by atoms with Crippen LogP contribution in [0.5, 0.6) is 0 Å². The van der Waals surface area contributed by atoms with E-state index < -0.39 is 52.2 Å². The van der Waals surface area contributed by atoms with Gasteiger partial charge in [-0.05, 0) is 76.4 Å². The van der Waals surface area contributed by atoms with Gasteiger partial charge in [-0.25, -0.2) is 4.79 Å². The van der Waals surface area contributed by atoms with Crippen molar-refractivity contribution in [3.05, 3.63) is 23.3 Å². The van der Waals surface area contributed by atoms with Crippen LogP contribution in [-0.4, -0.2) is 63.6 Å². The summed E-state index contributed by atoms with van der Waals surface area (Å²) in [5.41, 5.74) is -2.24. The Morgan fingerprint density at radius 2 is 1.89 bits per heavy atom. The Morgan fingerprint density at radius 3 is 2.55 bits per heavy atom. The molecule has 12 unspecified atom stereocenters. The highest BCUT2D eigenvalue weighted by Crippen LogP contribution is 2.74. The normalized spacial score (nSPS) is 51.8. The number of carbonyl (C=O) groups is 3. The number of fused-ring (bicyclic) bond motifs is 4. The summed E-state index contributed by atoms with van der Waals surface area (Å²) in [5, 5.41) is 23.6. The van der Waals surface area contributed by atoms with E-state index in [4.69, 9.17) is 14.2 Å². The molecule has 3 saturated carbocycles. The van der Waals surface area contributed by atoms with E-state index in [-0.39, 0.29) is 35.6 Å². The minimum Gasteiger partial charge on any atom is -0.459 e. The van der Waals surface area contributed by atoms with Crippen molar-refractivity contribution in [2.24, 2.45) is 34.5 Å². The minimum absolute atomic E-state index is 0.00600.